The van der Waals surface area contributed by atoms with E-state index in [0.29, 0.717) is 28.4 Å². The molecule has 1 aromatic rings. The Morgan fingerprint density at radius 3 is 3.00 bits per heavy atom. The highest BCUT2D eigenvalue weighted by atomic mass is 35.5. The van der Waals surface area contributed by atoms with E-state index >= 15 is 0 Å². The maximum atomic E-state index is 12.7. The number of hydrogen-bond acceptors (Lipinski definition) is 3. The predicted octanol–water partition coefficient (Wildman–Crippen LogP) is 3.23. The van der Waals surface area contributed by atoms with Crippen LogP contribution in [0.1, 0.15) is 32.1 Å². The molecule has 2 saturated heterocycles. The molecule has 0 aromatic heterocycles. The van der Waals surface area contributed by atoms with E-state index < -0.39 is 0 Å². The van der Waals surface area contributed by atoms with Crippen LogP contribution < -0.4 is 16.2 Å². The summed E-state index contributed by atoms with van der Waals surface area (Å²) < 4.78 is 0. The lowest BCUT2D eigenvalue weighted by molar-refractivity contribution is 0.150. The zero-order chi connectivity index (χ0) is 17.0. The maximum Gasteiger partial charge on any atom is 0.321 e. The summed E-state index contributed by atoms with van der Waals surface area (Å²) in [5, 5.41) is 3.64. The summed E-state index contributed by atoms with van der Waals surface area (Å²) in [5.41, 5.74) is 8.41. The van der Waals surface area contributed by atoms with E-state index in [2.05, 4.69) is 16.2 Å². The quantitative estimate of drug-likeness (QED) is 0.759. The summed E-state index contributed by atoms with van der Waals surface area (Å²) in [4.78, 5) is 14.7. The maximum absolute atomic E-state index is 12.7. The van der Waals surface area contributed by atoms with Crippen molar-refractivity contribution in [2.75, 3.05) is 18.4 Å². The third-order valence-corrected chi connectivity index (χ3v) is 7.20. The summed E-state index contributed by atoms with van der Waals surface area (Å²) in [6, 6.07) is 8.35. The molecule has 3 N–H and O–H groups in total. The first-order chi connectivity index (χ1) is 12.2. The zero-order valence-corrected chi connectivity index (χ0v) is 15.1. The van der Waals surface area contributed by atoms with Gasteiger partial charge < -0.3 is 10.2 Å². The lowest BCUT2D eigenvalue weighted by atomic mass is 9.79. The fourth-order valence-corrected chi connectivity index (χ4v) is 5.83. The van der Waals surface area contributed by atoms with E-state index in [1.54, 1.807) is 6.07 Å². The number of hydrogen-bond donors (Lipinski definition) is 3. The summed E-state index contributed by atoms with van der Waals surface area (Å²) in [5.74, 6) is 1.43. The van der Waals surface area contributed by atoms with Gasteiger partial charge in [0.25, 0.3) is 0 Å². The highest BCUT2D eigenvalue weighted by Crippen LogP contribution is 2.67. The Labute approximate surface area is 153 Å². The van der Waals surface area contributed by atoms with Gasteiger partial charge in [0.05, 0.1) is 0 Å². The number of hydrazine groups is 1. The van der Waals surface area contributed by atoms with Crippen LogP contribution >= 0.6 is 11.6 Å². The number of amides is 2. The predicted molar refractivity (Wildman–Crippen MR) is 98.4 cm³/mol. The van der Waals surface area contributed by atoms with Gasteiger partial charge in [-0.1, -0.05) is 24.1 Å². The Bertz CT molecular complexity index is 698. The molecule has 2 heterocycles. The van der Waals surface area contributed by atoms with Gasteiger partial charge in [0.2, 0.25) is 0 Å². The molecule has 25 heavy (non-hydrogen) atoms. The van der Waals surface area contributed by atoms with E-state index in [-0.39, 0.29) is 6.03 Å². The number of carbonyl (C=O) groups is 1. The van der Waals surface area contributed by atoms with E-state index in [1.165, 1.54) is 25.7 Å². The number of halogens is 1. The van der Waals surface area contributed by atoms with Gasteiger partial charge >= 0.3 is 6.03 Å². The van der Waals surface area contributed by atoms with Crippen LogP contribution in [0.2, 0.25) is 5.02 Å². The molecule has 5 atom stereocenters. The minimum atomic E-state index is -0.0114. The molecule has 2 amide bonds. The SMILES string of the molecule is O=C(Nc1cccc(Cl)c1)N1CCC2NNC(C34CCCC3C4)C2C1. The molecule has 5 rings (SSSR count). The van der Waals surface area contributed by atoms with Crippen molar-refractivity contribution in [2.45, 2.75) is 44.2 Å². The van der Waals surface area contributed by atoms with Crippen LogP contribution in [0.4, 0.5) is 10.5 Å². The average molecular weight is 361 g/mol. The van der Waals surface area contributed by atoms with Crippen LogP contribution in [-0.2, 0) is 0 Å². The standard InChI is InChI=1S/C19H25ClN4O/c20-13-4-1-5-14(9-13)21-18(25)24-8-6-16-15(11-24)17(23-22-16)19-7-2-3-12(19)10-19/h1,4-5,9,12,15-17,22-23H,2-3,6-8,10-11H2,(H,21,25). The molecule has 2 aliphatic heterocycles. The molecule has 0 radical (unpaired) electrons. The van der Waals surface area contributed by atoms with Crippen LogP contribution in [0.15, 0.2) is 24.3 Å². The van der Waals surface area contributed by atoms with Gasteiger partial charge in [0, 0.05) is 41.8 Å². The molecule has 4 aliphatic rings. The molecule has 6 heteroatoms. The Kier molecular flexibility index (Phi) is 3.73. The van der Waals surface area contributed by atoms with Crippen LogP contribution in [0.25, 0.3) is 0 Å². The second-order valence-electron chi connectivity index (χ2n) is 8.24. The van der Waals surface area contributed by atoms with E-state index in [4.69, 9.17) is 11.6 Å². The van der Waals surface area contributed by atoms with Crippen LogP contribution in [0, 0.1) is 17.3 Å². The molecule has 1 aromatic carbocycles. The third kappa shape index (κ3) is 2.64. The average Bonchev–Trinajstić information content (AvgIpc) is 2.96. The number of carbonyl (C=O) groups excluding carboxylic acids is 1. The Hall–Kier alpha value is -1.30. The fraction of sp³-hybridized carbons (Fsp3) is 0.632. The van der Waals surface area contributed by atoms with Gasteiger partial charge in [-0.3, -0.25) is 10.9 Å². The molecule has 0 bridgehead atoms. The van der Waals surface area contributed by atoms with Crippen molar-refractivity contribution in [1.29, 1.82) is 0 Å². The monoisotopic (exact) mass is 360 g/mol. The van der Waals surface area contributed by atoms with Crippen LogP contribution in [-0.4, -0.2) is 36.1 Å². The molecule has 4 fully saturated rings. The molecule has 0 spiro atoms. The van der Waals surface area contributed by atoms with Crippen LogP contribution in [0.3, 0.4) is 0 Å². The summed E-state index contributed by atoms with van der Waals surface area (Å²) in [6.07, 6.45) is 6.52. The largest absolute Gasteiger partial charge is 0.324 e. The fourth-order valence-electron chi connectivity index (χ4n) is 5.64. The van der Waals surface area contributed by atoms with Gasteiger partial charge in [-0.25, -0.2) is 4.79 Å². The molecule has 5 unspecified atom stereocenters. The number of rotatable bonds is 2. The van der Waals surface area contributed by atoms with Crippen molar-refractivity contribution in [1.82, 2.24) is 15.8 Å². The molecule has 5 nitrogen and oxygen atoms in total. The molecule has 2 aliphatic carbocycles. The van der Waals surface area contributed by atoms with Crippen molar-refractivity contribution in [3.63, 3.8) is 0 Å². The molecular formula is C19H25ClN4O. The lowest BCUT2D eigenvalue weighted by Gasteiger charge is -2.38. The number of likely N-dealkylation sites (tertiary alicyclic amines) is 1. The molecule has 2 saturated carbocycles. The van der Waals surface area contributed by atoms with Crippen molar-refractivity contribution in [3.05, 3.63) is 29.3 Å². The van der Waals surface area contributed by atoms with E-state index in [9.17, 15) is 4.79 Å². The number of anilines is 1. The second kappa shape index (κ2) is 5.86. The van der Waals surface area contributed by atoms with Gasteiger partial charge in [0.15, 0.2) is 0 Å². The van der Waals surface area contributed by atoms with Crippen LogP contribution in [0.5, 0.6) is 0 Å². The smallest absolute Gasteiger partial charge is 0.321 e. The topological polar surface area (TPSA) is 56.4 Å². The lowest BCUT2D eigenvalue weighted by Crippen LogP contribution is -2.51. The molecule has 134 valence electrons. The first kappa shape index (κ1) is 15.9. The zero-order valence-electron chi connectivity index (χ0n) is 14.3. The number of fused-ring (bicyclic) bond motifs is 2. The van der Waals surface area contributed by atoms with Gasteiger partial charge in [-0.15, -0.1) is 0 Å². The highest BCUT2D eigenvalue weighted by Gasteiger charge is 2.64. The normalized spacial score (nSPS) is 39.0. The second-order valence-corrected chi connectivity index (χ2v) is 8.67. The van der Waals surface area contributed by atoms with E-state index in [0.717, 1.165) is 31.1 Å². The molecular weight excluding hydrogens is 336 g/mol. The van der Waals surface area contributed by atoms with Crippen molar-refractivity contribution in [2.24, 2.45) is 17.3 Å². The van der Waals surface area contributed by atoms with E-state index in [1.807, 2.05) is 23.1 Å². The Morgan fingerprint density at radius 2 is 2.24 bits per heavy atom. The number of nitrogens with zero attached hydrogens (tertiary/aromatic N) is 1. The number of benzene rings is 1. The number of urea groups is 1. The summed E-state index contributed by atoms with van der Waals surface area (Å²) in [6.45, 7) is 1.63. The van der Waals surface area contributed by atoms with Gasteiger partial charge in [0.1, 0.15) is 0 Å². The minimum Gasteiger partial charge on any atom is -0.324 e. The summed E-state index contributed by atoms with van der Waals surface area (Å²) >= 11 is 6.02. The number of nitrogens with one attached hydrogen (secondary N) is 3. The first-order valence-corrected chi connectivity index (χ1v) is 9.86. The first-order valence-electron chi connectivity index (χ1n) is 9.48. The third-order valence-electron chi connectivity index (χ3n) is 6.97. The Morgan fingerprint density at radius 1 is 1.32 bits per heavy atom. The highest BCUT2D eigenvalue weighted by molar-refractivity contribution is 6.30. The van der Waals surface area contributed by atoms with Crippen molar-refractivity contribution in [3.8, 4) is 0 Å². The summed E-state index contributed by atoms with van der Waals surface area (Å²) in [7, 11) is 0. The number of piperidine rings is 1. The van der Waals surface area contributed by atoms with Gasteiger partial charge in [-0.2, -0.15) is 0 Å². The minimum absolute atomic E-state index is 0.0114. The van der Waals surface area contributed by atoms with Crippen molar-refractivity contribution >= 4 is 23.3 Å². The van der Waals surface area contributed by atoms with Crippen molar-refractivity contribution < 1.29 is 4.79 Å². The van der Waals surface area contributed by atoms with Gasteiger partial charge in [-0.05, 0) is 55.2 Å². The Balaban J connectivity index is 1.28.